The van der Waals surface area contributed by atoms with Gasteiger partial charge in [0, 0.05) is 24.1 Å². The molecule has 0 radical (unpaired) electrons. The molecule has 3 rings (SSSR count). The van der Waals surface area contributed by atoms with E-state index < -0.39 is 21.0 Å². The molecule has 1 aliphatic carbocycles. The molecule has 28 heavy (non-hydrogen) atoms. The monoisotopic (exact) mass is 400 g/mol. The van der Waals surface area contributed by atoms with Gasteiger partial charge in [0.15, 0.2) is 5.78 Å². The van der Waals surface area contributed by atoms with Crippen LogP contribution in [0.4, 0.5) is 5.69 Å². The Morgan fingerprint density at radius 3 is 2.29 bits per heavy atom. The number of nitro groups is 1. The van der Waals surface area contributed by atoms with E-state index >= 15 is 0 Å². The number of aryl methyl sites for hydroxylation is 1. The Bertz CT molecular complexity index is 1030. The van der Waals surface area contributed by atoms with Gasteiger partial charge in [0.05, 0.1) is 15.9 Å². The van der Waals surface area contributed by atoms with E-state index in [-0.39, 0.29) is 16.4 Å². The fourth-order valence-electron chi connectivity index (χ4n) is 3.10. The number of benzene rings is 2. The lowest BCUT2D eigenvalue weighted by molar-refractivity contribution is -0.384. The molecular formula is C20H20N2O5S. The van der Waals surface area contributed by atoms with E-state index in [1.54, 1.807) is 18.2 Å². The van der Waals surface area contributed by atoms with Gasteiger partial charge in [-0.05, 0) is 37.5 Å². The highest BCUT2D eigenvalue weighted by atomic mass is 32.2. The van der Waals surface area contributed by atoms with E-state index in [0.717, 1.165) is 12.0 Å². The Morgan fingerprint density at radius 2 is 1.71 bits per heavy atom. The average Bonchev–Trinajstić information content (AvgIpc) is 2.67. The van der Waals surface area contributed by atoms with Gasteiger partial charge in [-0.25, -0.2) is 8.42 Å². The number of sulfonamides is 1. The molecule has 1 atom stereocenters. The third-order valence-corrected chi connectivity index (χ3v) is 6.09. The Kier molecular flexibility index (Phi) is 5.71. The molecule has 0 aromatic heterocycles. The Morgan fingerprint density at radius 1 is 1.07 bits per heavy atom. The molecule has 0 spiro atoms. The minimum Gasteiger partial charge on any atom is -0.294 e. The van der Waals surface area contributed by atoms with E-state index in [9.17, 15) is 23.3 Å². The molecule has 0 amide bonds. The molecule has 146 valence electrons. The number of rotatable bonds is 6. The second-order valence-electron chi connectivity index (χ2n) is 6.69. The fraction of sp³-hybridized carbons (Fsp3) is 0.250. The Labute approximate surface area is 163 Å². The highest BCUT2D eigenvalue weighted by molar-refractivity contribution is 7.89. The molecule has 1 unspecified atom stereocenters. The molecule has 0 aliphatic heterocycles. The zero-order valence-electron chi connectivity index (χ0n) is 15.3. The van der Waals surface area contributed by atoms with Crippen molar-refractivity contribution in [3.63, 3.8) is 0 Å². The molecule has 0 heterocycles. The second kappa shape index (κ2) is 8.04. The summed E-state index contributed by atoms with van der Waals surface area (Å²) in [4.78, 5) is 22.9. The number of hydrogen-bond acceptors (Lipinski definition) is 5. The molecule has 1 N–H and O–H groups in total. The molecule has 7 nitrogen and oxygen atoms in total. The number of nitrogens with zero attached hydrogens (tertiary/aromatic N) is 1. The van der Waals surface area contributed by atoms with Crippen LogP contribution >= 0.6 is 0 Å². The normalized spacial score (nSPS) is 15.8. The first-order valence-corrected chi connectivity index (χ1v) is 10.3. The van der Waals surface area contributed by atoms with Gasteiger partial charge in [0.2, 0.25) is 10.0 Å². The van der Waals surface area contributed by atoms with Crippen LogP contribution in [-0.4, -0.2) is 19.1 Å². The first-order chi connectivity index (χ1) is 13.3. The smallest absolute Gasteiger partial charge is 0.269 e. The van der Waals surface area contributed by atoms with Gasteiger partial charge in [0.1, 0.15) is 0 Å². The van der Waals surface area contributed by atoms with Gasteiger partial charge >= 0.3 is 0 Å². The predicted octanol–water partition coefficient (Wildman–Crippen LogP) is 3.60. The van der Waals surface area contributed by atoms with Crippen molar-refractivity contribution < 1.29 is 18.1 Å². The van der Waals surface area contributed by atoms with Crippen molar-refractivity contribution in [3.8, 4) is 0 Å². The lowest BCUT2D eigenvalue weighted by atomic mass is 9.89. The third-order valence-electron chi connectivity index (χ3n) is 4.65. The topological polar surface area (TPSA) is 106 Å². The number of carbonyl (C=O) groups is 1. The van der Waals surface area contributed by atoms with E-state index in [0.29, 0.717) is 24.0 Å². The van der Waals surface area contributed by atoms with E-state index in [2.05, 4.69) is 4.72 Å². The van der Waals surface area contributed by atoms with E-state index in [1.165, 1.54) is 36.4 Å². The van der Waals surface area contributed by atoms with Crippen molar-refractivity contribution in [2.24, 2.45) is 0 Å². The van der Waals surface area contributed by atoms with Gasteiger partial charge < -0.3 is 0 Å². The van der Waals surface area contributed by atoms with Gasteiger partial charge in [-0.15, -0.1) is 0 Å². The Hall–Kier alpha value is -2.84. The summed E-state index contributed by atoms with van der Waals surface area (Å²) in [7, 11) is -3.90. The number of nitro benzene ring substituents is 1. The largest absolute Gasteiger partial charge is 0.294 e. The van der Waals surface area contributed by atoms with Crippen LogP contribution in [0.3, 0.4) is 0 Å². The van der Waals surface area contributed by atoms with Crippen molar-refractivity contribution in [1.29, 1.82) is 0 Å². The van der Waals surface area contributed by atoms with Gasteiger partial charge in [-0.1, -0.05) is 35.9 Å². The number of ketones is 1. The third kappa shape index (κ3) is 4.35. The number of allylic oxidation sites excluding steroid dienone is 1. The van der Waals surface area contributed by atoms with Crippen LogP contribution in [0.2, 0.25) is 0 Å². The average molecular weight is 400 g/mol. The van der Waals surface area contributed by atoms with E-state index in [4.69, 9.17) is 0 Å². The zero-order chi connectivity index (χ0) is 20.3. The molecule has 2 aromatic carbocycles. The Balaban J connectivity index is 2.01. The van der Waals surface area contributed by atoms with Gasteiger partial charge in [0.25, 0.3) is 5.69 Å². The maximum Gasteiger partial charge on any atom is 0.269 e. The van der Waals surface area contributed by atoms with Crippen molar-refractivity contribution in [1.82, 2.24) is 4.72 Å². The summed E-state index contributed by atoms with van der Waals surface area (Å²) in [5, 5.41) is 10.9. The molecule has 0 bridgehead atoms. The van der Waals surface area contributed by atoms with Crippen molar-refractivity contribution in [3.05, 3.63) is 81.4 Å². The molecule has 1 aliphatic rings. The van der Waals surface area contributed by atoms with Crippen LogP contribution in [0.5, 0.6) is 0 Å². The SMILES string of the molecule is Cc1ccc(S(=O)(=O)NC(C2=CCCCC2=O)c2ccc([N+](=O)[O-])cc2)cc1. The number of carbonyl (C=O) groups excluding carboxylic acids is 1. The number of hydrogen-bond donors (Lipinski definition) is 1. The highest BCUT2D eigenvalue weighted by Crippen LogP contribution is 2.30. The van der Waals surface area contributed by atoms with E-state index in [1.807, 2.05) is 6.92 Å². The molecule has 8 heteroatoms. The van der Waals surface area contributed by atoms with Crippen molar-refractivity contribution in [2.45, 2.75) is 37.1 Å². The summed E-state index contributed by atoms with van der Waals surface area (Å²) in [5.74, 6) is -0.124. The van der Waals surface area contributed by atoms with Crippen LogP contribution in [0.1, 0.15) is 36.4 Å². The number of non-ortho nitro benzene ring substituents is 1. The summed E-state index contributed by atoms with van der Waals surface area (Å²) in [6.45, 7) is 1.86. The minimum absolute atomic E-state index is 0.0915. The number of Topliss-reactive ketones (excluding diaryl/α,β-unsaturated/α-hetero) is 1. The molecule has 2 aromatic rings. The van der Waals surface area contributed by atoms with Gasteiger partial charge in [-0.2, -0.15) is 4.72 Å². The molecular weight excluding hydrogens is 380 g/mol. The molecule has 0 saturated heterocycles. The lowest BCUT2D eigenvalue weighted by Crippen LogP contribution is -2.32. The maximum absolute atomic E-state index is 12.9. The second-order valence-corrected chi connectivity index (χ2v) is 8.40. The van der Waals surface area contributed by atoms with Crippen molar-refractivity contribution in [2.75, 3.05) is 0 Å². The van der Waals surface area contributed by atoms with Crippen LogP contribution in [0.15, 0.2) is 65.1 Å². The van der Waals surface area contributed by atoms with Gasteiger partial charge in [-0.3, -0.25) is 14.9 Å². The first kappa shape index (κ1) is 19.9. The van der Waals surface area contributed by atoms with Crippen molar-refractivity contribution >= 4 is 21.5 Å². The summed E-state index contributed by atoms with van der Waals surface area (Å²) in [5.41, 5.74) is 1.67. The first-order valence-electron chi connectivity index (χ1n) is 8.84. The number of nitrogens with one attached hydrogen (secondary N) is 1. The summed E-state index contributed by atoms with van der Waals surface area (Å²) < 4.78 is 28.4. The summed E-state index contributed by atoms with van der Waals surface area (Å²) in [6.07, 6.45) is 3.49. The predicted molar refractivity (Wildman–Crippen MR) is 104 cm³/mol. The minimum atomic E-state index is -3.90. The van der Waals surface area contributed by atoms with Crippen LogP contribution in [-0.2, 0) is 14.8 Å². The summed E-state index contributed by atoms with van der Waals surface area (Å²) in [6, 6.07) is 11.0. The van der Waals surface area contributed by atoms with Crippen LogP contribution in [0.25, 0.3) is 0 Å². The lowest BCUT2D eigenvalue weighted by Gasteiger charge is -2.24. The fourth-order valence-corrected chi connectivity index (χ4v) is 4.30. The maximum atomic E-state index is 12.9. The van der Waals surface area contributed by atoms with Crippen LogP contribution in [0, 0.1) is 17.0 Å². The van der Waals surface area contributed by atoms with Crippen LogP contribution < -0.4 is 4.72 Å². The zero-order valence-corrected chi connectivity index (χ0v) is 16.1. The molecule has 0 fully saturated rings. The standard InChI is InChI=1S/C20H20N2O5S/c1-14-6-12-17(13-7-14)28(26,27)21-20(18-4-2-3-5-19(18)23)15-8-10-16(11-9-15)22(24)25/h4,6-13,20-21H,2-3,5H2,1H3. The quantitative estimate of drug-likeness (QED) is 0.589. The molecule has 0 saturated carbocycles. The highest BCUT2D eigenvalue weighted by Gasteiger charge is 2.29. The summed E-state index contributed by atoms with van der Waals surface area (Å²) >= 11 is 0.